The predicted octanol–water partition coefficient (Wildman–Crippen LogP) is 2.87. The van der Waals surface area contributed by atoms with Crippen molar-refractivity contribution in [2.24, 2.45) is 0 Å². The van der Waals surface area contributed by atoms with Gasteiger partial charge in [0.2, 0.25) is 13.6 Å². The Bertz CT molecular complexity index is 993. The standard InChI is InChI=1S/C20H16N2O5/c23-14-9-18-17(26-11-27-18)8-13(14)20(22-19-3-1-2-6-21-19)12-4-5-15-16(7-12)25-10-24-15/h1-9,20,23H,10-11H2,(H,21,22)/p+1/t20-/m0/s1. The lowest BCUT2D eigenvalue weighted by Crippen LogP contribution is -2.18. The topological polar surface area (TPSA) is 83.3 Å². The molecule has 2 aliphatic heterocycles. The third-order valence-electron chi connectivity index (χ3n) is 4.57. The van der Waals surface area contributed by atoms with Crippen LogP contribution < -0.4 is 29.2 Å². The number of anilines is 1. The number of nitrogens with one attached hydrogen (secondary N) is 2. The number of phenolic OH excluding ortho intramolecular Hbond substituents is 1. The van der Waals surface area contributed by atoms with E-state index in [4.69, 9.17) is 18.9 Å². The average Bonchev–Trinajstić information content (AvgIpc) is 3.34. The maximum atomic E-state index is 10.6. The van der Waals surface area contributed by atoms with Crippen molar-refractivity contribution in [1.82, 2.24) is 0 Å². The minimum absolute atomic E-state index is 0.116. The van der Waals surface area contributed by atoms with E-state index in [9.17, 15) is 5.11 Å². The maximum absolute atomic E-state index is 10.6. The Morgan fingerprint density at radius 1 is 0.852 bits per heavy atom. The van der Waals surface area contributed by atoms with Crippen molar-refractivity contribution in [3.8, 4) is 28.7 Å². The molecule has 5 rings (SSSR count). The number of pyridine rings is 1. The smallest absolute Gasteiger partial charge is 0.272 e. The number of H-pyrrole nitrogens is 1. The van der Waals surface area contributed by atoms with Gasteiger partial charge in [0.15, 0.2) is 23.0 Å². The molecule has 3 heterocycles. The lowest BCUT2D eigenvalue weighted by molar-refractivity contribution is -0.361. The molecule has 2 aliphatic rings. The fourth-order valence-electron chi connectivity index (χ4n) is 3.25. The fourth-order valence-corrected chi connectivity index (χ4v) is 3.25. The number of hydrogen-bond acceptors (Lipinski definition) is 6. The van der Waals surface area contributed by atoms with Crippen LogP contribution >= 0.6 is 0 Å². The maximum Gasteiger partial charge on any atom is 0.272 e. The molecule has 1 atom stereocenters. The van der Waals surface area contributed by atoms with Crippen molar-refractivity contribution in [2.45, 2.75) is 6.04 Å². The number of aromatic hydroxyl groups is 1. The molecule has 0 bridgehead atoms. The van der Waals surface area contributed by atoms with Crippen LogP contribution in [-0.2, 0) is 0 Å². The first-order valence-corrected chi connectivity index (χ1v) is 8.53. The number of ether oxygens (including phenoxy) is 4. The van der Waals surface area contributed by atoms with Crippen LogP contribution in [0.1, 0.15) is 17.2 Å². The lowest BCUT2D eigenvalue weighted by Gasteiger charge is -2.17. The molecule has 1 aromatic heterocycles. The second kappa shape index (κ2) is 6.28. The second-order valence-corrected chi connectivity index (χ2v) is 6.23. The van der Waals surface area contributed by atoms with E-state index in [-0.39, 0.29) is 25.4 Å². The van der Waals surface area contributed by atoms with Crippen molar-refractivity contribution in [2.75, 3.05) is 18.9 Å². The largest absolute Gasteiger partial charge is 0.507 e. The van der Waals surface area contributed by atoms with E-state index in [1.807, 2.05) is 42.6 Å². The zero-order valence-electron chi connectivity index (χ0n) is 14.3. The van der Waals surface area contributed by atoms with Crippen molar-refractivity contribution in [3.05, 3.63) is 65.9 Å². The van der Waals surface area contributed by atoms with Gasteiger partial charge in [-0.25, -0.2) is 4.98 Å². The van der Waals surface area contributed by atoms with Crippen LogP contribution in [0.25, 0.3) is 0 Å². The van der Waals surface area contributed by atoms with Crippen LogP contribution in [0.15, 0.2) is 54.7 Å². The molecule has 3 aromatic rings. The summed E-state index contributed by atoms with van der Waals surface area (Å²) in [5.41, 5.74) is 1.57. The van der Waals surface area contributed by atoms with Crippen LogP contribution in [0.4, 0.5) is 5.82 Å². The van der Waals surface area contributed by atoms with E-state index in [0.29, 0.717) is 28.6 Å². The Hall–Kier alpha value is -3.61. The van der Waals surface area contributed by atoms with E-state index in [1.54, 1.807) is 12.1 Å². The van der Waals surface area contributed by atoms with Crippen molar-refractivity contribution in [1.29, 1.82) is 0 Å². The summed E-state index contributed by atoms with van der Waals surface area (Å²) in [6, 6.07) is 14.5. The highest BCUT2D eigenvalue weighted by molar-refractivity contribution is 5.57. The zero-order chi connectivity index (χ0) is 18.2. The molecule has 0 saturated heterocycles. The van der Waals surface area contributed by atoms with Gasteiger partial charge in [0.1, 0.15) is 11.8 Å². The van der Waals surface area contributed by atoms with E-state index in [0.717, 1.165) is 11.4 Å². The van der Waals surface area contributed by atoms with Crippen molar-refractivity contribution >= 4 is 5.82 Å². The highest BCUT2D eigenvalue weighted by Crippen LogP contribution is 2.43. The summed E-state index contributed by atoms with van der Waals surface area (Å²) in [6.07, 6.45) is 1.83. The van der Waals surface area contributed by atoms with Crippen LogP contribution in [0.3, 0.4) is 0 Å². The number of benzene rings is 2. The van der Waals surface area contributed by atoms with Gasteiger partial charge < -0.3 is 24.1 Å². The molecule has 0 saturated carbocycles. The first-order chi connectivity index (χ1) is 13.3. The summed E-state index contributed by atoms with van der Waals surface area (Å²) in [5.74, 6) is 3.44. The average molecular weight is 365 g/mol. The van der Waals surface area contributed by atoms with Crippen molar-refractivity contribution in [3.63, 3.8) is 0 Å². The van der Waals surface area contributed by atoms with Gasteiger partial charge >= 0.3 is 0 Å². The van der Waals surface area contributed by atoms with E-state index in [1.165, 1.54) is 0 Å². The van der Waals surface area contributed by atoms with Crippen LogP contribution in [0.2, 0.25) is 0 Å². The monoisotopic (exact) mass is 365 g/mol. The van der Waals surface area contributed by atoms with E-state index < -0.39 is 0 Å². The SMILES string of the molecule is Oc1cc2c(cc1[C@@H](Nc1cccc[nH+]1)c1ccc3c(c1)OCO3)OCO2. The summed E-state index contributed by atoms with van der Waals surface area (Å²) in [6.45, 7) is 0.353. The van der Waals surface area contributed by atoms with Gasteiger partial charge in [-0.3, -0.25) is 5.32 Å². The fraction of sp³-hybridized carbons (Fsp3) is 0.150. The Balaban J connectivity index is 1.60. The number of phenols is 1. The lowest BCUT2D eigenvalue weighted by atomic mass is 9.96. The minimum atomic E-state index is -0.354. The molecule has 3 N–H and O–H groups in total. The summed E-state index contributed by atoms with van der Waals surface area (Å²) in [5, 5.41) is 14.1. The molecule has 7 heteroatoms. The summed E-state index contributed by atoms with van der Waals surface area (Å²) in [4.78, 5) is 3.16. The quantitative estimate of drug-likeness (QED) is 0.740. The Morgan fingerprint density at radius 3 is 2.37 bits per heavy atom. The zero-order valence-corrected chi connectivity index (χ0v) is 14.3. The number of aromatic nitrogens is 1. The molecule has 7 nitrogen and oxygen atoms in total. The Kier molecular flexibility index (Phi) is 3.64. The first-order valence-electron chi connectivity index (χ1n) is 8.53. The molecule has 2 aromatic carbocycles. The van der Waals surface area contributed by atoms with Crippen molar-refractivity contribution < 1.29 is 29.0 Å². The van der Waals surface area contributed by atoms with Crippen LogP contribution in [0.5, 0.6) is 28.7 Å². The molecule has 136 valence electrons. The summed E-state index contributed by atoms with van der Waals surface area (Å²) in [7, 11) is 0. The second-order valence-electron chi connectivity index (χ2n) is 6.23. The third-order valence-corrected chi connectivity index (χ3v) is 4.57. The van der Waals surface area contributed by atoms with Crippen LogP contribution in [0, 0.1) is 0 Å². The van der Waals surface area contributed by atoms with E-state index in [2.05, 4.69) is 10.3 Å². The molecule has 0 aliphatic carbocycles. The number of rotatable bonds is 4. The van der Waals surface area contributed by atoms with E-state index >= 15 is 0 Å². The molecule has 0 radical (unpaired) electrons. The van der Waals surface area contributed by atoms with Gasteiger partial charge in [-0.05, 0) is 24.3 Å². The van der Waals surface area contributed by atoms with Crippen LogP contribution in [-0.4, -0.2) is 18.7 Å². The predicted molar refractivity (Wildman–Crippen MR) is 95.3 cm³/mol. The molecule has 0 amide bonds. The Morgan fingerprint density at radius 2 is 1.59 bits per heavy atom. The van der Waals surface area contributed by atoms with Gasteiger partial charge in [-0.15, -0.1) is 0 Å². The molecule has 0 spiro atoms. The van der Waals surface area contributed by atoms with Gasteiger partial charge in [-0.1, -0.05) is 12.1 Å². The molecular formula is C20H17N2O5+. The van der Waals surface area contributed by atoms with Gasteiger partial charge in [0, 0.05) is 23.3 Å². The minimum Gasteiger partial charge on any atom is -0.507 e. The summed E-state index contributed by atoms with van der Waals surface area (Å²) < 4.78 is 21.8. The van der Waals surface area contributed by atoms with Gasteiger partial charge in [0.25, 0.3) is 5.82 Å². The number of fused-ring (bicyclic) bond motifs is 2. The molecule has 0 unspecified atom stereocenters. The number of hydrogen-bond donors (Lipinski definition) is 2. The molecular weight excluding hydrogens is 348 g/mol. The highest BCUT2D eigenvalue weighted by atomic mass is 16.7. The molecule has 0 fully saturated rings. The Labute approximate surface area is 155 Å². The van der Waals surface area contributed by atoms with Gasteiger partial charge in [-0.2, -0.15) is 0 Å². The highest BCUT2D eigenvalue weighted by Gasteiger charge is 2.28. The van der Waals surface area contributed by atoms with Gasteiger partial charge in [0.05, 0.1) is 6.20 Å². The molecule has 27 heavy (non-hydrogen) atoms. The first kappa shape index (κ1) is 15.6. The normalized spacial score (nSPS) is 14.8. The number of aromatic amines is 1. The third kappa shape index (κ3) is 2.83. The summed E-state index contributed by atoms with van der Waals surface area (Å²) >= 11 is 0.